The van der Waals surface area contributed by atoms with E-state index in [2.05, 4.69) is 5.32 Å². The molecule has 0 saturated heterocycles. The highest BCUT2D eigenvalue weighted by molar-refractivity contribution is 5.81. The third kappa shape index (κ3) is 3.69. The average molecular weight is 265 g/mol. The summed E-state index contributed by atoms with van der Waals surface area (Å²) in [6, 6.07) is 4.88. The SMILES string of the molecule is Cc1ccc(F)c(OC(C)C(=O)NC2CCCC2)c1. The first-order valence-electron chi connectivity index (χ1n) is 6.79. The van der Waals surface area contributed by atoms with Crippen molar-refractivity contribution in [3.05, 3.63) is 29.6 Å². The van der Waals surface area contributed by atoms with Gasteiger partial charge in [0.15, 0.2) is 17.7 Å². The van der Waals surface area contributed by atoms with Gasteiger partial charge in [-0.3, -0.25) is 4.79 Å². The lowest BCUT2D eigenvalue weighted by Gasteiger charge is -2.18. The molecule has 2 rings (SSSR count). The van der Waals surface area contributed by atoms with Crippen LogP contribution in [0, 0.1) is 12.7 Å². The van der Waals surface area contributed by atoms with Gasteiger partial charge in [0.2, 0.25) is 0 Å². The van der Waals surface area contributed by atoms with Crippen LogP contribution in [-0.4, -0.2) is 18.1 Å². The predicted octanol–water partition coefficient (Wildman–Crippen LogP) is 2.96. The van der Waals surface area contributed by atoms with E-state index in [1.807, 2.05) is 6.92 Å². The van der Waals surface area contributed by atoms with Crippen molar-refractivity contribution in [2.45, 2.75) is 51.7 Å². The number of nitrogens with one attached hydrogen (secondary N) is 1. The maximum atomic E-state index is 13.5. The quantitative estimate of drug-likeness (QED) is 0.909. The molecule has 4 heteroatoms. The van der Waals surface area contributed by atoms with Crippen molar-refractivity contribution in [3.8, 4) is 5.75 Å². The minimum absolute atomic E-state index is 0.133. The molecule has 1 aromatic rings. The first kappa shape index (κ1) is 13.8. The summed E-state index contributed by atoms with van der Waals surface area (Å²) in [7, 11) is 0. The van der Waals surface area contributed by atoms with Crippen LogP contribution in [0.25, 0.3) is 0 Å². The minimum atomic E-state index is -0.683. The number of benzene rings is 1. The Hall–Kier alpha value is -1.58. The molecule has 0 bridgehead atoms. The van der Waals surface area contributed by atoms with Crippen molar-refractivity contribution in [1.82, 2.24) is 5.32 Å². The number of aryl methyl sites for hydroxylation is 1. The fraction of sp³-hybridized carbons (Fsp3) is 0.533. The number of carbonyl (C=O) groups excluding carboxylic acids is 1. The Morgan fingerprint density at radius 3 is 2.79 bits per heavy atom. The van der Waals surface area contributed by atoms with Gasteiger partial charge in [-0.2, -0.15) is 0 Å². The molecule has 19 heavy (non-hydrogen) atoms. The molecule has 3 nitrogen and oxygen atoms in total. The van der Waals surface area contributed by atoms with Gasteiger partial charge in [0.05, 0.1) is 0 Å². The van der Waals surface area contributed by atoms with Crippen LogP contribution in [0.5, 0.6) is 5.75 Å². The predicted molar refractivity (Wildman–Crippen MR) is 71.6 cm³/mol. The summed E-state index contributed by atoms with van der Waals surface area (Å²) in [5, 5.41) is 2.95. The zero-order valence-electron chi connectivity index (χ0n) is 11.4. The summed E-state index contributed by atoms with van der Waals surface area (Å²) >= 11 is 0. The van der Waals surface area contributed by atoms with Crippen LogP contribution in [0.1, 0.15) is 38.2 Å². The molecule has 0 aliphatic heterocycles. The Balaban J connectivity index is 1.93. The molecule has 1 saturated carbocycles. The summed E-state index contributed by atoms with van der Waals surface area (Å²) in [6.07, 6.45) is 3.69. The van der Waals surface area contributed by atoms with Crippen molar-refractivity contribution in [3.63, 3.8) is 0 Å². The second kappa shape index (κ2) is 6.04. The van der Waals surface area contributed by atoms with Crippen LogP contribution in [0.2, 0.25) is 0 Å². The maximum Gasteiger partial charge on any atom is 0.260 e. The monoisotopic (exact) mass is 265 g/mol. The minimum Gasteiger partial charge on any atom is -0.478 e. The topological polar surface area (TPSA) is 38.3 Å². The van der Waals surface area contributed by atoms with Crippen LogP contribution in [0.3, 0.4) is 0 Å². The fourth-order valence-electron chi connectivity index (χ4n) is 2.33. The number of ether oxygens (including phenoxy) is 1. The van der Waals surface area contributed by atoms with Crippen LogP contribution < -0.4 is 10.1 Å². The van der Waals surface area contributed by atoms with Crippen LogP contribution in [0.15, 0.2) is 18.2 Å². The van der Waals surface area contributed by atoms with E-state index in [1.54, 1.807) is 19.1 Å². The van der Waals surface area contributed by atoms with Gasteiger partial charge in [0.25, 0.3) is 5.91 Å². The second-order valence-corrected chi connectivity index (χ2v) is 5.18. The van der Waals surface area contributed by atoms with Gasteiger partial charge in [-0.25, -0.2) is 4.39 Å². The molecule has 0 radical (unpaired) electrons. The summed E-state index contributed by atoms with van der Waals surface area (Å²) in [5.41, 5.74) is 0.903. The van der Waals surface area contributed by atoms with E-state index in [-0.39, 0.29) is 17.7 Å². The van der Waals surface area contributed by atoms with Crippen molar-refractivity contribution in [2.75, 3.05) is 0 Å². The van der Waals surface area contributed by atoms with E-state index in [9.17, 15) is 9.18 Å². The van der Waals surface area contributed by atoms with E-state index >= 15 is 0 Å². The van der Waals surface area contributed by atoms with Gasteiger partial charge in [-0.15, -0.1) is 0 Å². The zero-order valence-corrected chi connectivity index (χ0v) is 11.4. The molecule has 0 spiro atoms. The molecule has 0 aromatic heterocycles. The van der Waals surface area contributed by atoms with Gasteiger partial charge in [0.1, 0.15) is 0 Å². The van der Waals surface area contributed by atoms with Gasteiger partial charge < -0.3 is 10.1 Å². The molecule has 1 fully saturated rings. The average Bonchev–Trinajstić information content (AvgIpc) is 2.86. The molecule has 1 amide bonds. The summed E-state index contributed by atoms with van der Waals surface area (Å²) in [4.78, 5) is 11.9. The number of carbonyl (C=O) groups is 1. The number of hydrogen-bond acceptors (Lipinski definition) is 2. The highest BCUT2D eigenvalue weighted by atomic mass is 19.1. The van der Waals surface area contributed by atoms with Gasteiger partial charge >= 0.3 is 0 Å². The summed E-state index contributed by atoms with van der Waals surface area (Å²) in [5.74, 6) is -0.479. The maximum absolute atomic E-state index is 13.5. The Bertz CT molecular complexity index is 455. The van der Waals surface area contributed by atoms with Gasteiger partial charge in [0, 0.05) is 6.04 Å². The highest BCUT2D eigenvalue weighted by Gasteiger charge is 2.22. The molecular weight excluding hydrogens is 245 g/mol. The van der Waals surface area contributed by atoms with Gasteiger partial charge in [-0.1, -0.05) is 18.9 Å². The smallest absolute Gasteiger partial charge is 0.260 e. The van der Waals surface area contributed by atoms with E-state index in [4.69, 9.17) is 4.74 Å². The van der Waals surface area contributed by atoms with Crippen LogP contribution in [0.4, 0.5) is 4.39 Å². The van der Waals surface area contributed by atoms with Crippen molar-refractivity contribution in [2.24, 2.45) is 0 Å². The molecule has 1 atom stereocenters. The van der Waals surface area contributed by atoms with E-state index in [0.29, 0.717) is 0 Å². The van der Waals surface area contributed by atoms with Crippen molar-refractivity contribution >= 4 is 5.91 Å². The molecular formula is C15H20FNO2. The normalized spacial score (nSPS) is 17.2. The molecule has 0 heterocycles. The third-order valence-electron chi connectivity index (χ3n) is 3.46. The number of halogens is 1. The fourth-order valence-corrected chi connectivity index (χ4v) is 2.33. The van der Waals surface area contributed by atoms with E-state index in [1.165, 1.54) is 6.07 Å². The van der Waals surface area contributed by atoms with E-state index < -0.39 is 11.9 Å². The Kier molecular flexibility index (Phi) is 4.40. The lowest BCUT2D eigenvalue weighted by atomic mass is 10.2. The van der Waals surface area contributed by atoms with Gasteiger partial charge in [-0.05, 0) is 44.4 Å². The molecule has 104 valence electrons. The first-order valence-corrected chi connectivity index (χ1v) is 6.79. The number of amides is 1. The van der Waals surface area contributed by atoms with E-state index in [0.717, 1.165) is 31.2 Å². The van der Waals surface area contributed by atoms with Crippen molar-refractivity contribution < 1.29 is 13.9 Å². The standard InChI is InChI=1S/C15H20FNO2/c1-10-7-8-13(16)14(9-10)19-11(2)15(18)17-12-5-3-4-6-12/h7-9,11-12H,3-6H2,1-2H3,(H,17,18). The van der Waals surface area contributed by atoms with Crippen molar-refractivity contribution in [1.29, 1.82) is 0 Å². The second-order valence-electron chi connectivity index (χ2n) is 5.18. The zero-order chi connectivity index (χ0) is 13.8. The Morgan fingerprint density at radius 2 is 2.11 bits per heavy atom. The highest BCUT2D eigenvalue weighted by Crippen LogP contribution is 2.21. The molecule has 1 aliphatic rings. The number of hydrogen-bond donors (Lipinski definition) is 1. The molecule has 1 aliphatic carbocycles. The Morgan fingerprint density at radius 1 is 1.42 bits per heavy atom. The molecule has 1 N–H and O–H groups in total. The summed E-state index contributed by atoms with van der Waals surface area (Å²) in [6.45, 7) is 3.50. The lowest BCUT2D eigenvalue weighted by Crippen LogP contribution is -2.41. The third-order valence-corrected chi connectivity index (χ3v) is 3.46. The lowest BCUT2D eigenvalue weighted by molar-refractivity contribution is -0.128. The first-order chi connectivity index (χ1) is 9.06. The molecule has 1 aromatic carbocycles. The Labute approximate surface area is 113 Å². The largest absolute Gasteiger partial charge is 0.478 e. The van der Waals surface area contributed by atoms with Crippen LogP contribution >= 0.6 is 0 Å². The molecule has 1 unspecified atom stereocenters. The number of rotatable bonds is 4. The summed E-state index contributed by atoms with van der Waals surface area (Å²) < 4.78 is 19.0. The van der Waals surface area contributed by atoms with Crippen LogP contribution in [-0.2, 0) is 4.79 Å².